The maximum Gasteiger partial charge on any atom is 0.307 e. The van der Waals surface area contributed by atoms with E-state index in [2.05, 4.69) is 15.9 Å². The zero-order valence-electron chi connectivity index (χ0n) is 11.2. The molecule has 2 rings (SSSR count). The minimum atomic E-state index is -0.791. The minimum absolute atomic E-state index is 0.0951. The molecule has 0 aliphatic heterocycles. The molecule has 0 radical (unpaired) electrons. The number of allylic oxidation sites excluding steroid dienone is 1. The Labute approximate surface area is 126 Å². The first-order valence-electron chi connectivity index (χ1n) is 6.89. The Morgan fingerprint density at radius 3 is 2.65 bits per heavy atom. The van der Waals surface area contributed by atoms with Gasteiger partial charge < -0.3 is 5.11 Å². The van der Waals surface area contributed by atoms with E-state index < -0.39 is 5.97 Å². The van der Waals surface area contributed by atoms with Gasteiger partial charge in [0.25, 0.3) is 0 Å². The molecule has 108 valence electrons. The molecule has 4 heteroatoms. The van der Waals surface area contributed by atoms with Crippen LogP contribution in [0.25, 0.3) is 0 Å². The first-order chi connectivity index (χ1) is 9.56. The highest BCUT2D eigenvalue weighted by Gasteiger charge is 2.21. The van der Waals surface area contributed by atoms with Crippen LogP contribution in [0.2, 0.25) is 0 Å². The fraction of sp³-hybridized carbons (Fsp3) is 0.438. The van der Waals surface area contributed by atoms with Crippen molar-refractivity contribution in [3.63, 3.8) is 0 Å². The first-order valence-corrected chi connectivity index (χ1v) is 7.69. The van der Waals surface area contributed by atoms with Crippen molar-refractivity contribution in [3.8, 4) is 0 Å². The standard InChI is InChI=1S/C16H18BrFO2/c17-14-9-8-13(10-15(14)18)12-6-4-11(5-7-12)2-1-3-16(19)20/h1-2,8-12H,3-7H2,(H,19,20). The summed E-state index contributed by atoms with van der Waals surface area (Å²) >= 11 is 3.17. The van der Waals surface area contributed by atoms with Crippen LogP contribution in [0.4, 0.5) is 4.39 Å². The Bertz CT molecular complexity index is 505. The van der Waals surface area contributed by atoms with E-state index in [1.165, 1.54) is 0 Å². The van der Waals surface area contributed by atoms with Gasteiger partial charge in [0.1, 0.15) is 5.82 Å². The van der Waals surface area contributed by atoms with Gasteiger partial charge in [0.15, 0.2) is 0 Å². The van der Waals surface area contributed by atoms with Gasteiger partial charge >= 0.3 is 5.97 Å². The largest absolute Gasteiger partial charge is 0.481 e. The predicted octanol–water partition coefficient (Wildman–Crippen LogP) is 4.89. The van der Waals surface area contributed by atoms with E-state index in [1.807, 2.05) is 12.1 Å². The fourth-order valence-electron chi connectivity index (χ4n) is 2.77. The molecule has 1 aliphatic carbocycles. The lowest BCUT2D eigenvalue weighted by Gasteiger charge is -2.27. The zero-order chi connectivity index (χ0) is 14.5. The number of carboxylic acids is 1. The SMILES string of the molecule is O=C(O)CC=CC1CCC(c2ccc(Br)c(F)c2)CC1. The number of carbonyl (C=O) groups is 1. The second-order valence-electron chi connectivity index (χ2n) is 5.31. The van der Waals surface area contributed by atoms with Gasteiger partial charge in [0.2, 0.25) is 0 Å². The van der Waals surface area contributed by atoms with Gasteiger partial charge in [0.05, 0.1) is 10.9 Å². The van der Waals surface area contributed by atoms with Gasteiger partial charge in [-0.3, -0.25) is 4.79 Å². The van der Waals surface area contributed by atoms with E-state index in [9.17, 15) is 9.18 Å². The lowest BCUT2D eigenvalue weighted by molar-refractivity contribution is -0.136. The summed E-state index contributed by atoms with van der Waals surface area (Å²) in [5, 5.41) is 8.59. The molecule has 1 saturated carbocycles. The monoisotopic (exact) mass is 340 g/mol. The molecule has 0 heterocycles. The van der Waals surface area contributed by atoms with E-state index in [4.69, 9.17) is 5.11 Å². The highest BCUT2D eigenvalue weighted by Crippen LogP contribution is 2.37. The van der Waals surface area contributed by atoms with Crippen molar-refractivity contribution in [2.75, 3.05) is 0 Å². The van der Waals surface area contributed by atoms with Crippen LogP contribution in [0.5, 0.6) is 0 Å². The molecule has 1 aromatic rings. The van der Waals surface area contributed by atoms with Gasteiger partial charge in [-0.25, -0.2) is 4.39 Å². The Morgan fingerprint density at radius 2 is 2.05 bits per heavy atom. The highest BCUT2D eigenvalue weighted by molar-refractivity contribution is 9.10. The average molecular weight is 341 g/mol. The molecule has 1 fully saturated rings. The van der Waals surface area contributed by atoms with Crippen LogP contribution in [-0.2, 0) is 4.79 Å². The van der Waals surface area contributed by atoms with Gasteiger partial charge in [-0.1, -0.05) is 18.2 Å². The molecule has 0 bridgehead atoms. The molecule has 20 heavy (non-hydrogen) atoms. The van der Waals surface area contributed by atoms with Crippen LogP contribution >= 0.6 is 15.9 Å². The Balaban J connectivity index is 1.89. The fourth-order valence-corrected chi connectivity index (χ4v) is 3.02. The van der Waals surface area contributed by atoms with E-state index in [1.54, 1.807) is 18.2 Å². The molecule has 1 N–H and O–H groups in total. The summed E-state index contributed by atoms with van der Waals surface area (Å²) in [5.41, 5.74) is 1.07. The molecule has 0 atom stereocenters. The third-order valence-corrected chi connectivity index (χ3v) is 4.53. The van der Waals surface area contributed by atoms with Crippen LogP contribution in [-0.4, -0.2) is 11.1 Å². The average Bonchev–Trinajstić information content (AvgIpc) is 2.42. The molecule has 2 nitrogen and oxygen atoms in total. The summed E-state index contributed by atoms with van der Waals surface area (Å²) in [4.78, 5) is 10.4. The molecular formula is C16H18BrFO2. The van der Waals surface area contributed by atoms with Crippen LogP contribution in [0.15, 0.2) is 34.8 Å². The van der Waals surface area contributed by atoms with E-state index in [0.717, 1.165) is 31.2 Å². The molecule has 1 aliphatic rings. The van der Waals surface area contributed by atoms with Crippen LogP contribution in [0.1, 0.15) is 43.6 Å². The van der Waals surface area contributed by atoms with Crippen molar-refractivity contribution >= 4 is 21.9 Å². The van der Waals surface area contributed by atoms with Crippen molar-refractivity contribution < 1.29 is 14.3 Å². The van der Waals surface area contributed by atoms with Crippen LogP contribution in [0, 0.1) is 11.7 Å². The number of hydrogen-bond acceptors (Lipinski definition) is 1. The maximum absolute atomic E-state index is 13.5. The van der Waals surface area contributed by atoms with Crippen LogP contribution < -0.4 is 0 Å². The molecule has 0 amide bonds. The normalized spacial score (nSPS) is 23.1. The van der Waals surface area contributed by atoms with E-state index in [0.29, 0.717) is 16.3 Å². The van der Waals surface area contributed by atoms with Crippen molar-refractivity contribution in [2.24, 2.45) is 5.92 Å². The van der Waals surface area contributed by atoms with Crippen LogP contribution in [0.3, 0.4) is 0 Å². The quantitative estimate of drug-likeness (QED) is 0.792. The number of halogens is 2. The smallest absolute Gasteiger partial charge is 0.307 e. The van der Waals surface area contributed by atoms with Gasteiger partial charge in [-0.15, -0.1) is 0 Å². The van der Waals surface area contributed by atoms with Crippen molar-refractivity contribution in [3.05, 3.63) is 46.2 Å². The van der Waals surface area contributed by atoms with Gasteiger partial charge in [-0.05, 0) is 71.1 Å². The first kappa shape index (κ1) is 15.2. The second-order valence-corrected chi connectivity index (χ2v) is 6.17. The number of hydrogen-bond donors (Lipinski definition) is 1. The molecule has 0 aromatic heterocycles. The Kier molecular flexibility index (Phi) is 5.35. The summed E-state index contributed by atoms with van der Waals surface area (Å²) in [6, 6.07) is 5.37. The number of benzene rings is 1. The summed E-state index contributed by atoms with van der Waals surface area (Å²) < 4.78 is 14.0. The van der Waals surface area contributed by atoms with Gasteiger partial charge in [-0.2, -0.15) is 0 Å². The summed E-state index contributed by atoms with van der Waals surface area (Å²) in [6.07, 6.45) is 8.00. The minimum Gasteiger partial charge on any atom is -0.481 e. The lowest BCUT2D eigenvalue weighted by atomic mass is 9.78. The summed E-state index contributed by atoms with van der Waals surface area (Å²) in [6.45, 7) is 0. The lowest BCUT2D eigenvalue weighted by Crippen LogP contribution is -2.12. The third kappa shape index (κ3) is 4.17. The Hall–Kier alpha value is -1.16. The van der Waals surface area contributed by atoms with Crippen molar-refractivity contribution in [2.45, 2.75) is 38.0 Å². The maximum atomic E-state index is 13.5. The number of rotatable bonds is 4. The molecule has 1 aromatic carbocycles. The van der Waals surface area contributed by atoms with E-state index >= 15 is 0 Å². The third-order valence-electron chi connectivity index (χ3n) is 3.89. The number of carboxylic acid groups (broad SMARTS) is 1. The van der Waals surface area contributed by atoms with Crippen molar-refractivity contribution in [1.82, 2.24) is 0 Å². The van der Waals surface area contributed by atoms with Crippen molar-refractivity contribution in [1.29, 1.82) is 0 Å². The van der Waals surface area contributed by atoms with E-state index in [-0.39, 0.29) is 12.2 Å². The molecule has 0 unspecified atom stereocenters. The highest BCUT2D eigenvalue weighted by atomic mass is 79.9. The molecular weight excluding hydrogens is 323 g/mol. The Morgan fingerprint density at radius 1 is 1.35 bits per heavy atom. The second kappa shape index (κ2) is 7.02. The summed E-state index contributed by atoms with van der Waals surface area (Å²) in [5.74, 6) is -0.112. The summed E-state index contributed by atoms with van der Waals surface area (Å²) in [7, 11) is 0. The molecule has 0 saturated heterocycles. The molecule has 0 spiro atoms. The zero-order valence-corrected chi connectivity index (χ0v) is 12.8. The number of aliphatic carboxylic acids is 1. The predicted molar refractivity (Wildman–Crippen MR) is 80.2 cm³/mol. The van der Waals surface area contributed by atoms with Gasteiger partial charge in [0, 0.05) is 0 Å². The topological polar surface area (TPSA) is 37.3 Å².